The van der Waals surface area contributed by atoms with Crippen molar-refractivity contribution < 1.29 is 9.50 Å². The minimum absolute atomic E-state index is 0.245. The molecule has 2 N–H and O–H groups in total. The van der Waals surface area contributed by atoms with E-state index < -0.39 is 0 Å². The van der Waals surface area contributed by atoms with Crippen LogP contribution in [0.15, 0.2) is 0 Å². The summed E-state index contributed by atoms with van der Waals surface area (Å²) in [5.41, 5.74) is 0. The van der Waals surface area contributed by atoms with E-state index in [2.05, 4.69) is 12.2 Å². The molecule has 0 fully saturated rings. The number of rotatable bonds is 9. The molecule has 0 amide bonds. The Hall–Kier alpha value is -0.150. The average Bonchev–Trinajstić information content (AvgIpc) is 2.13. The van der Waals surface area contributed by atoms with Gasteiger partial charge in [-0.3, -0.25) is 4.39 Å². The first-order valence-corrected chi connectivity index (χ1v) is 5.22. The van der Waals surface area contributed by atoms with E-state index in [1.807, 2.05) is 0 Å². The van der Waals surface area contributed by atoms with Crippen molar-refractivity contribution in [3.05, 3.63) is 0 Å². The third-order valence-electron chi connectivity index (χ3n) is 2.15. The standard InChI is InChI=1S/C10H22FNO/c1-2-4-10(5-8-13)9-12-7-3-6-11/h10,12-13H,2-9H2,1H3. The van der Waals surface area contributed by atoms with Crippen LogP contribution in [-0.4, -0.2) is 31.5 Å². The fourth-order valence-corrected chi connectivity index (χ4v) is 1.44. The molecule has 0 aliphatic rings. The average molecular weight is 191 g/mol. The molecule has 1 atom stereocenters. The van der Waals surface area contributed by atoms with Crippen LogP contribution in [-0.2, 0) is 0 Å². The van der Waals surface area contributed by atoms with Gasteiger partial charge in [-0.1, -0.05) is 13.3 Å². The van der Waals surface area contributed by atoms with Gasteiger partial charge in [0.15, 0.2) is 0 Å². The lowest BCUT2D eigenvalue weighted by molar-refractivity contribution is 0.247. The second kappa shape index (κ2) is 9.93. The summed E-state index contributed by atoms with van der Waals surface area (Å²) < 4.78 is 11.7. The number of aliphatic hydroxyl groups is 1. The van der Waals surface area contributed by atoms with Gasteiger partial charge < -0.3 is 10.4 Å². The van der Waals surface area contributed by atoms with Crippen molar-refractivity contribution in [1.29, 1.82) is 0 Å². The summed E-state index contributed by atoms with van der Waals surface area (Å²) in [5, 5.41) is 12.0. The molecule has 13 heavy (non-hydrogen) atoms. The van der Waals surface area contributed by atoms with Crippen molar-refractivity contribution in [2.24, 2.45) is 5.92 Å². The summed E-state index contributed by atoms with van der Waals surface area (Å²) in [6, 6.07) is 0. The summed E-state index contributed by atoms with van der Waals surface area (Å²) in [4.78, 5) is 0. The van der Waals surface area contributed by atoms with E-state index >= 15 is 0 Å². The van der Waals surface area contributed by atoms with Gasteiger partial charge in [0.05, 0.1) is 6.67 Å². The van der Waals surface area contributed by atoms with Crippen LogP contribution in [0.4, 0.5) is 4.39 Å². The molecule has 0 rings (SSSR count). The highest BCUT2D eigenvalue weighted by Crippen LogP contribution is 2.08. The zero-order chi connectivity index (χ0) is 9.94. The predicted molar refractivity (Wildman–Crippen MR) is 53.6 cm³/mol. The van der Waals surface area contributed by atoms with Crippen LogP contribution in [0, 0.1) is 5.92 Å². The lowest BCUT2D eigenvalue weighted by Gasteiger charge is -2.15. The molecular weight excluding hydrogens is 169 g/mol. The van der Waals surface area contributed by atoms with Crippen molar-refractivity contribution >= 4 is 0 Å². The molecule has 0 heterocycles. The SMILES string of the molecule is CCCC(CCO)CNCCCF. The molecule has 1 unspecified atom stereocenters. The predicted octanol–water partition coefficient (Wildman–Crippen LogP) is 1.73. The normalized spacial score (nSPS) is 13.2. The molecule has 0 aromatic rings. The fraction of sp³-hybridized carbons (Fsp3) is 1.00. The zero-order valence-electron chi connectivity index (χ0n) is 8.56. The largest absolute Gasteiger partial charge is 0.396 e. The second-order valence-electron chi connectivity index (χ2n) is 3.41. The quantitative estimate of drug-likeness (QED) is 0.544. The van der Waals surface area contributed by atoms with Gasteiger partial charge in [0.2, 0.25) is 0 Å². The third kappa shape index (κ3) is 8.19. The van der Waals surface area contributed by atoms with Gasteiger partial charge in [-0.2, -0.15) is 0 Å². The first-order chi connectivity index (χ1) is 6.35. The Kier molecular flexibility index (Phi) is 9.82. The van der Waals surface area contributed by atoms with E-state index in [0.717, 1.165) is 32.4 Å². The molecular formula is C10H22FNO. The molecule has 0 spiro atoms. The molecule has 80 valence electrons. The molecule has 0 aliphatic heterocycles. The Bertz CT molecular complexity index is 94.9. The Morgan fingerprint density at radius 3 is 2.69 bits per heavy atom. The van der Waals surface area contributed by atoms with Gasteiger partial charge >= 0.3 is 0 Å². The summed E-state index contributed by atoms with van der Waals surface area (Å²) in [6.45, 7) is 3.82. The van der Waals surface area contributed by atoms with Crippen LogP contribution < -0.4 is 5.32 Å². The van der Waals surface area contributed by atoms with Crippen molar-refractivity contribution in [2.75, 3.05) is 26.4 Å². The molecule has 0 bridgehead atoms. The van der Waals surface area contributed by atoms with Gasteiger partial charge in [-0.25, -0.2) is 0 Å². The molecule has 0 aromatic carbocycles. The minimum Gasteiger partial charge on any atom is -0.396 e. The van der Waals surface area contributed by atoms with Crippen molar-refractivity contribution in [3.63, 3.8) is 0 Å². The molecule has 0 radical (unpaired) electrons. The maximum Gasteiger partial charge on any atom is 0.0906 e. The van der Waals surface area contributed by atoms with Crippen molar-refractivity contribution in [2.45, 2.75) is 32.6 Å². The zero-order valence-corrected chi connectivity index (χ0v) is 8.56. The smallest absolute Gasteiger partial charge is 0.0906 e. The highest BCUT2D eigenvalue weighted by Gasteiger charge is 2.05. The summed E-state index contributed by atoms with van der Waals surface area (Å²) >= 11 is 0. The van der Waals surface area contributed by atoms with Crippen LogP contribution in [0.1, 0.15) is 32.6 Å². The summed E-state index contributed by atoms with van der Waals surface area (Å²) in [7, 11) is 0. The molecule has 0 saturated carbocycles. The fourth-order valence-electron chi connectivity index (χ4n) is 1.44. The van der Waals surface area contributed by atoms with Crippen molar-refractivity contribution in [3.8, 4) is 0 Å². The maximum absolute atomic E-state index is 11.7. The van der Waals surface area contributed by atoms with E-state index in [1.54, 1.807) is 0 Å². The molecule has 0 saturated heterocycles. The van der Waals surface area contributed by atoms with E-state index in [9.17, 15) is 4.39 Å². The van der Waals surface area contributed by atoms with Gasteiger partial charge in [0.25, 0.3) is 0 Å². The van der Waals surface area contributed by atoms with Crippen LogP contribution in [0.3, 0.4) is 0 Å². The lowest BCUT2D eigenvalue weighted by atomic mass is 10.0. The Morgan fingerprint density at radius 2 is 2.15 bits per heavy atom. The Balaban J connectivity index is 3.33. The van der Waals surface area contributed by atoms with E-state index in [4.69, 9.17) is 5.11 Å². The number of nitrogens with one attached hydrogen (secondary N) is 1. The van der Waals surface area contributed by atoms with Crippen LogP contribution >= 0.6 is 0 Å². The highest BCUT2D eigenvalue weighted by molar-refractivity contribution is 4.61. The number of alkyl halides is 1. The summed E-state index contributed by atoms with van der Waals surface area (Å²) in [6.07, 6.45) is 3.74. The van der Waals surface area contributed by atoms with E-state index in [0.29, 0.717) is 12.3 Å². The first-order valence-electron chi connectivity index (χ1n) is 5.22. The number of aliphatic hydroxyl groups excluding tert-OH is 1. The van der Waals surface area contributed by atoms with Gasteiger partial charge in [-0.15, -0.1) is 0 Å². The lowest BCUT2D eigenvalue weighted by Crippen LogP contribution is -2.24. The molecule has 2 nitrogen and oxygen atoms in total. The number of hydrogen-bond donors (Lipinski definition) is 2. The van der Waals surface area contributed by atoms with Crippen LogP contribution in [0.5, 0.6) is 0 Å². The first kappa shape index (κ1) is 12.8. The van der Waals surface area contributed by atoms with Crippen LogP contribution in [0.25, 0.3) is 0 Å². The molecule has 3 heteroatoms. The second-order valence-corrected chi connectivity index (χ2v) is 3.41. The highest BCUT2D eigenvalue weighted by atomic mass is 19.1. The third-order valence-corrected chi connectivity index (χ3v) is 2.15. The van der Waals surface area contributed by atoms with Gasteiger partial charge in [0.1, 0.15) is 0 Å². The van der Waals surface area contributed by atoms with Gasteiger partial charge in [0, 0.05) is 6.61 Å². The van der Waals surface area contributed by atoms with E-state index in [1.165, 1.54) is 0 Å². The number of hydrogen-bond acceptors (Lipinski definition) is 2. The number of halogens is 1. The molecule has 0 aromatic heterocycles. The van der Waals surface area contributed by atoms with Gasteiger partial charge in [-0.05, 0) is 38.3 Å². The van der Waals surface area contributed by atoms with Crippen LogP contribution in [0.2, 0.25) is 0 Å². The monoisotopic (exact) mass is 191 g/mol. The summed E-state index contributed by atoms with van der Waals surface area (Å²) in [5.74, 6) is 0.551. The minimum atomic E-state index is -0.245. The topological polar surface area (TPSA) is 32.3 Å². The van der Waals surface area contributed by atoms with E-state index in [-0.39, 0.29) is 13.3 Å². The Morgan fingerprint density at radius 1 is 1.38 bits per heavy atom. The molecule has 0 aliphatic carbocycles. The Labute approximate surface area is 80.5 Å². The maximum atomic E-state index is 11.7. The van der Waals surface area contributed by atoms with Crippen molar-refractivity contribution in [1.82, 2.24) is 5.32 Å².